The van der Waals surface area contributed by atoms with Gasteiger partial charge in [0.15, 0.2) is 0 Å². The Hall–Kier alpha value is -1.76. The van der Waals surface area contributed by atoms with Crippen molar-refractivity contribution in [1.82, 2.24) is 0 Å². The van der Waals surface area contributed by atoms with Crippen LogP contribution in [0.5, 0.6) is 11.5 Å². The molecule has 0 aliphatic heterocycles. The Morgan fingerprint density at radius 2 is 1.65 bits per heavy atom. The average Bonchev–Trinajstić information content (AvgIpc) is 2.52. The van der Waals surface area contributed by atoms with Crippen LogP contribution in [0.15, 0.2) is 54.4 Å². The molecule has 0 atom stereocenters. The van der Waals surface area contributed by atoms with Crippen LogP contribution >= 0.6 is 0 Å². The van der Waals surface area contributed by atoms with Crippen molar-refractivity contribution >= 4 is 0 Å². The predicted molar refractivity (Wildman–Crippen MR) is 71.7 cm³/mol. The smallest absolute Gasteiger partial charge is 0.131 e. The van der Waals surface area contributed by atoms with Crippen molar-refractivity contribution in [3.63, 3.8) is 0 Å². The molecule has 2 aromatic rings. The summed E-state index contributed by atoms with van der Waals surface area (Å²) in [4.78, 5) is 0. The molecule has 0 bridgehead atoms. The maximum atomic E-state index is 8.15. The van der Waals surface area contributed by atoms with Gasteiger partial charge < -0.3 is 4.74 Å². The highest BCUT2D eigenvalue weighted by molar-refractivity contribution is 5.41. The number of ether oxygens (including phenoxy) is 1. The van der Waals surface area contributed by atoms with Crippen LogP contribution in [-0.2, 0) is 5.41 Å². The van der Waals surface area contributed by atoms with Crippen LogP contribution in [0, 0.1) is 0 Å². The molecule has 2 aromatic carbocycles. The standard InChI is InChI=1S/C16H18O/c1-16(2,3)14-11-7-8-12-15(14)17-13-9-5-4-6-10-13/h4-12H,1-3H3/i4D,5D,6D,7D,8D,9D,11D,12D. The zero-order valence-corrected chi connectivity index (χ0v) is 9.99. The Labute approximate surface area is 114 Å². The molecule has 2 rings (SSSR count). The normalized spacial score (nSPS) is 17.8. The Morgan fingerprint density at radius 3 is 2.41 bits per heavy atom. The van der Waals surface area contributed by atoms with Crippen LogP contribution < -0.4 is 4.74 Å². The molecule has 0 aliphatic carbocycles. The van der Waals surface area contributed by atoms with E-state index in [4.69, 9.17) is 15.7 Å². The largest absolute Gasteiger partial charge is 0.457 e. The summed E-state index contributed by atoms with van der Waals surface area (Å²) in [5, 5.41) is 0. The number of rotatable bonds is 2. The first kappa shape index (κ1) is 5.26. The van der Waals surface area contributed by atoms with E-state index in [2.05, 4.69) is 0 Å². The molecule has 0 fully saturated rings. The Morgan fingerprint density at radius 1 is 0.941 bits per heavy atom. The molecule has 88 valence electrons. The van der Waals surface area contributed by atoms with Gasteiger partial charge in [0.2, 0.25) is 0 Å². The molecule has 17 heavy (non-hydrogen) atoms. The van der Waals surface area contributed by atoms with E-state index < -0.39 is 35.6 Å². The number of hydrogen-bond acceptors (Lipinski definition) is 1. The van der Waals surface area contributed by atoms with Crippen LogP contribution in [0.25, 0.3) is 0 Å². The van der Waals surface area contributed by atoms with Gasteiger partial charge in [-0.2, -0.15) is 0 Å². The fourth-order valence-electron chi connectivity index (χ4n) is 1.34. The van der Waals surface area contributed by atoms with Crippen LogP contribution in [0.4, 0.5) is 0 Å². The van der Waals surface area contributed by atoms with Crippen molar-refractivity contribution in [2.45, 2.75) is 26.2 Å². The topological polar surface area (TPSA) is 9.23 Å². The molecule has 0 N–H and O–H groups in total. The Kier molecular flexibility index (Phi) is 1.43. The zero-order valence-electron chi connectivity index (χ0n) is 18.0. The molecule has 0 aliphatic rings. The van der Waals surface area contributed by atoms with Crippen molar-refractivity contribution in [2.75, 3.05) is 0 Å². The lowest BCUT2D eigenvalue weighted by molar-refractivity contribution is 0.455. The summed E-state index contributed by atoms with van der Waals surface area (Å²) in [5.41, 5.74) is -0.428. The molecule has 1 nitrogen and oxygen atoms in total. The highest BCUT2D eigenvalue weighted by atomic mass is 16.5. The fraction of sp³-hybridized carbons (Fsp3) is 0.250. The van der Waals surface area contributed by atoms with Gasteiger partial charge in [0.05, 0.1) is 11.0 Å². The van der Waals surface area contributed by atoms with Crippen LogP contribution in [0.2, 0.25) is 0 Å². The first-order valence-corrected chi connectivity index (χ1v) is 5.24. The second kappa shape index (κ2) is 4.62. The number of hydrogen-bond donors (Lipinski definition) is 0. The van der Waals surface area contributed by atoms with Crippen LogP contribution in [0.3, 0.4) is 0 Å². The summed E-state index contributed by atoms with van der Waals surface area (Å²) in [7, 11) is 0. The van der Waals surface area contributed by atoms with E-state index in [0.29, 0.717) is 0 Å². The van der Waals surface area contributed by atoms with Crippen molar-refractivity contribution in [3.05, 3.63) is 60.0 Å². The van der Waals surface area contributed by atoms with Crippen molar-refractivity contribution in [1.29, 1.82) is 0 Å². The molecule has 0 heterocycles. The first-order chi connectivity index (χ1) is 11.4. The molecule has 0 spiro atoms. The zero-order chi connectivity index (χ0) is 19.3. The number of para-hydroxylation sites is 2. The summed E-state index contributed by atoms with van der Waals surface area (Å²) < 4.78 is 68.5. The summed E-state index contributed by atoms with van der Waals surface area (Å²) in [6.45, 7) is 5.32. The third-order valence-electron chi connectivity index (χ3n) is 2.14. The van der Waals surface area contributed by atoms with Gasteiger partial charge >= 0.3 is 0 Å². The van der Waals surface area contributed by atoms with E-state index in [0.717, 1.165) is 6.07 Å². The van der Waals surface area contributed by atoms with Gasteiger partial charge in [-0.1, -0.05) is 57.0 Å². The maximum Gasteiger partial charge on any atom is 0.131 e. The van der Waals surface area contributed by atoms with E-state index in [9.17, 15) is 0 Å². The van der Waals surface area contributed by atoms with Crippen LogP contribution in [0.1, 0.15) is 37.3 Å². The van der Waals surface area contributed by atoms with Gasteiger partial charge in [0.1, 0.15) is 11.5 Å². The molecule has 0 amide bonds. The molecule has 0 aromatic heterocycles. The molecule has 0 unspecified atom stereocenters. The molecular weight excluding hydrogens is 208 g/mol. The summed E-state index contributed by atoms with van der Waals surface area (Å²) in [6, 6.07) is -1.93. The molecule has 0 radical (unpaired) electrons. The van der Waals surface area contributed by atoms with Gasteiger partial charge in [-0.3, -0.25) is 0 Å². The van der Waals surface area contributed by atoms with Gasteiger partial charge in [-0.25, -0.2) is 0 Å². The summed E-state index contributed by atoms with van der Waals surface area (Å²) in [6.07, 6.45) is 0. The van der Waals surface area contributed by atoms with Gasteiger partial charge in [-0.05, 0) is 23.6 Å². The Bertz CT molecular complexity index is 855. The second-order valence-corrected chi connectivity index (χ2v) is 4.58. The lowest BCUT2D eigenvalue weighted by Gasteiger charge is -2.22. The lowest BCUT2D eigenvalue weighted by atomic mass is 9.86. The maximum absolute atomic E-state index is 8.15. The van der Waals surface area contributed by atoms with Crippen molar-refractivity contribution in [3.8, 4) is 11.5 Å². The molecular formula is C16H18O. The minimum Gasteiger partial charge on any atom is -0.457 e. The van der Waals surface area contributed by atoms with E-state index in [1.54, 1.807) is 20.8 Å². The van der Waals surface area contributed by atoms with Crippen molar-refractivity contribution in [2.24, 2.45) is 0 Å². The van der Waals surface area contributed by atoms with Gasteiger partial charge in [0.25, 0.3) is 0 Å². The highest BCUT2D eigenvalue weighted by Crippen LogP contribution is 2.33. The fourth-order valence-corrected chi connectivity index (χ4v) is 1.34. The van der Waals surface area contributed by atoms with Gasteiger partial charge in [0, 0.05) is 5.56 Å². The number of benzene rings is 2. The quantitative estimate of drug-likeness (QED) is 0.727. The summed E-state index contributed by atoms with van der Waals surface area (Å²) in [5.74, 6) is -0.329. The summed E-state index contributed by atoms with van der Waals surface area (Å²) >= 11 is 0. The van der Waals surface area contributed by atoms with Crippen LogP contribution in [-0.4, -0.2) is 0 Å². The second-order valence-electron chi connectivity index (χ2n) is 4.58. The highest BCUT2D eigenvalue weighted by Gasteiger charge is 2.18. The molecule has 0 saturated heterocycles. The van der Waals surface area contributed by atoms with E-state index in [1.807, 2.05) is 0 Å². The SMILES string of the molecule is [2H]c1cc(Oc2c([2H])c([2H])c([2H])c([2H])c2C(C)(C)C)c([2H])c([2H])c1[2H]. The third kappa shape index (κ3) is 2.88. The average molecular weight is 234 g/mol. The van der Waals surface area contributed by atoms with Gasteiger partial charge in [-0.15, -0.1) is 0 Å². The minimum atomic E-state index is -0.670. The molecule has 0 saturated carbocycles. The van der Waals surface area contributed by atoms with E-state index in [1.165, 1.54) is 0 Å². The van der Waals surface area contributed by atoms with E-state index in [-0.39, 0.29) is 35.2 Å². The first-order valence-electron chi connectivity index (χ1n) is 9.24. The minimum absolute atomic E-state index is 0.136. The third-order valence-corrected chi connectivity index (χ3v) is 2.14. The lowest BCUT2D eigenvalue weighted by Crippen LogP contribution is -2.12. The predicted octanol–water partition coefficient (Wildman–Crippen LogP) is 4.78. The Balaban J connectivity index is 2.77. The van der Waals surface area contributed by atoms with Crippen molar-refractivity contribution < 1.29 is 15.7 Å². The molecule has 1 heteroatoms. The van der Waals surface area contributed by atoms with E-state index >= 15 is 0 Å². The monoisotopic (exact) mass is 234 g/mol.